The molecule has 3 saturated heterocycles. The molecule has 1 atom stereocenters. The second-order valence-electron chi connectivity index (χ2n) is 11.1. The van der Waals surface area contributed by atoms with Crippen molar-refractivity contribution in [3.63, 3.8) is 0 Å². The predicted octanol–water partition coefficient (Wildman–Crippen LogP) is 3.14. The minimum atomic E-state index is -0.591. The van der Waals surface area contributed by atoms with Gasteiger partial charge in [0.2, 0.25) is 0 Å². The van der Waals surface area contributed by atoms with Crippen LogP contribution in [0.3, 0.4) is 0 Å². The minimum Gasteiger partial charge on any atom is -0.444 e. The molecule has 0 aliphatic carbocycles. The van der Waals surface area contributed by atoms with Crippen molar-refractivity contribution in [2.24, 2.45) is 0 Å². The first-order valence-corrected chi connectivity index (χ1v) is 13.3. The molecule has 0 radical (unpaired) electrons. The summed E-state index contributed by atoms with van der Waals surface area (Å²) in [5.41, 5.74) is 2.54. The molecule has 4 aliphatic rings. The molecule has 1 aromatic carbocycles. The number of fused-ring (bicyclic) bond motifs is 1. The lowest BCUT2D eigenvalue weighted by Gasteiger charge is -2.44. The van der Waals surface area contributed by atoms with Crippen molar-refractivity contribution in [2.45, 2.75) is 51.4 Å². The predicted molar refractivity (Wildman–Crippen MR) is 135 cm³/mol. The van der Waals surface area contributed by atoms with Crippen LogP contribution in [0.1, 0.15) is 43.5 Å². The summed E-state index contributed by atoms with van der Waals surface area (Å²) < 4.78 is 16.8. The molecule has 198 valence electrons. The molecule has 3 fully saturated rings. The molecule has 0 N–H and O–H groups in total. The van der Waals surface area contributed by atoms with Crippen LogP contribution in [-0.2, 0) is 27.2 Å². The van der Waals surface area contributed by atoms with Crippen molar-refractivity contribution >= 4 is 23.7 Å². The Morgan fingerprint density at radius 3 is 2.39 bits per heavy atom. The van der Waals surface area contributed by atoms with Gasteiger partial charge in [0.15, 0.2) is 0 Å². The van der Waals surface area contributed by atoms with Crippen LogP contribution in [0.15, 0.2) is 12.1 Å². The largest absolute Gasteiger partial charge is 0.444 e. The van der Waals surface area contributed by atoms with Crippen LogP contribution >= 0.6 is 11.6 Å². The van der Waals surface area contributed by atoms with E-state index in [1.54, 1.807) is 4.90 Å². The SMILES string of the molecule is CC(C)(C)OC(=O)N1CCOC[C@H]1c1cc(Cl)cc2c1CN(C(=O)N1CCN(C3COC3)CC1)CC2. The van der Waals surface area contributed by atoms with Crippen molar-refractivity contribution in [3.8, 4) is 0 Å². The van der Waals surface area contributed by atoms with E-state index in [9.17, 15) is 9.59 Å². The fourth-order valence-corrected chi connectivity index (χ4v) is 5.68. The van der Waals surface area contributed by atoms with Gasteiger partial charge in [0.25, 0.3) is 0 Å². The smallest absolute Gasteiger partial charge is 0.410 e. The zero-order valence-electron chi connectivity index (χ0n) is 21.5. The molecule has 10 heteroatoms. The Kier molecular flexibility index (Phi) is 7.36. The van der Waals surface area contributed by atoms with Gasteiger partial charge in [0.05, 0.1) is 38.5 Å². The normalized spacial score (nSPS) is 23.8. The number of urea groups is 1. The van der Waals surface area contributed by atoms with Gasteiger partial charge in [0, 0.05) is 50.8 Å². The van der Waals surface area contributed by atoms with Gasteiger partial charge in [-0.1, -0.05) is 11.6 Å². The molecule has 1 aromatic rings. The molecule has 9 nitrogen and oxygen atoms in total. The third-order valence-corrected chi connectivity index (χ3v) is 7.67. The molecule has 0 bridgehead atoms. The molecule has 4 aliphatic heterocycles. The maximum Gasteiger partial charge on any atom is 0.410 e. The lowest BCUT2D eigenvalue weighted by atomic mass is 9.90. The van der Waals surface area contributed by atoms with E-state index >= 15 is 0 Å². The maximum atomic E-state index is 13.5. The van der Waals surface area contributed by atoms with Gasteiger partial charge in [0.1, 0.15) is 5.60 Å². The molecule has 0 spiro atoms. The molecular weight excluding hydrogens is 484 g/mol. The van der Waals surface area contributed by atoms with Crippen LogP contribution < -0.4 is 0 Å². The highest BCUT2D eigenvalue weighted by molar-refractivity contribution is 6.30. The Hall–Kier alpha value is -2.07. The molecule has 0 unspecified atom stereocenters. The van der Waals surface area contributed by atoms with Crippen molar-refractivity contribution in [1.29, 1.82) is 0 Å². The molecule has 5 rings (SSSR count). The van der Waals surface area contributed by atoms with Gasteiger partial charge < -0.3 is 24.0 Å². The van der Waals surface area contributed by atoms with Crippen LogP contribution in [0.2, 0.25) is 5.02 Å². The van der Waals surface area contributed by atoms with E-state index < -0.39 is 5.60 Å². The summed E-state index contributed by atoms with van der Waals surface area (Å²) in [7, 11) is 0. The van der Waals surface area contributed by atoms with Crippen LogP contribution in [-0.4, -0.2) is 109 Å². The number of nitrogens with zero attached hydrogens (tertiary/aromatic N) is 4. The van der Waals surface area contributed by atoms with Crippen LogP contribution in [0.25, 0.3) is 0 Å². The third kappa shape index (κ3) is 5.44. The Labute approximate surface area is 218 Å². The summed E-state index contributed by atoms with van der Waals surface area (Å²) >= 11 is 6.53. The van der Waals surface area contributed by atoms with E-state index in [4.69, 9.17) is 25.8 Å². The van der Waals surface area contributed by atoms with E-state index in [1.165, 1.54) is 0 Å². The van der Waals surface area contributed by atoms with Crippen LogP contribution in [0, 0.1) is 0 Å². The first-order valence-electron chi connectivity index (χ1n) is 12.9. The standard InChI is InChI=1S/C26H37ClN4O5/c1-26(2,3)36-25(33)31-10-11-34-17-23(31)21-13-19(27)12-18-4-5-30(14-22(18)21)24(32)29-8-6-28(7-9-29)20-15-35-16-20/h12-13,20,23H,4-11,14-17H2,1-3H3/t23-/m0/s1. The van der Waals surface area contributed by atoms with Crippen LogP contribution in [0.4, 0.5) is 9.59 Å². The summed E-state index contributed by atoms with van der Waals surface area (Å²) in [5, 5.41) is 0.634. The zero-order valence-corrected chi connectivity index (χ0v) is 22.3. The Morgan fingerprint density at radius 2 is 1.72 bits per heavy atom. The highest BCUT2D eigenvalue weighted by Crippen LogP contribution is 2.35. The second kappa shape index (κ2) is 10.4. The average molecular weight is 521 g/mol. The summed E-state index contributed by atoms with van der Waals surface area (Å²) in [4.78, 5) is 34.6. The first kappa shape index (κ1) is 25.6. The molecule has 0 aromatic heterocycles. The number of hydrogen-bond donors (Lipinski definition) is 0. The van der Waals surface area contributed by atoms with Gasteiger partial charge in [-0.05, 0) is 56.0 Å². The van der Waals surface area contributed by atoms with Crippen molar-refractivity contribution in [3.05, 3.63) is 33.8 Å². The van der Waals surface area contributed by atoms with E-state index in [1.807, 2.05) is 42.7 Å². The molecule has 3 amide bonds. The summed E-state index contributed by atoms with van der Waals surface area (Å²) in [6, 6.07) is 4.18. The average Bonchev–Trinajstić information content (AvgIpc) is 2.81. The highest BCUT2D eigenvalue weighted by atomic mass is 35.5. The first-order chi connectivity index (χ1) is 17.2. The van der Waals surface area contributed by atoms with E-state index in [2.05, 4.69) is 4.90 Å². The monoisotopic (exact) mass is 520 g/mol. The number of benzene rings is 1. The molecule has 36 heavy (non-hydrogen) atoms. The number of carbonyl (C=O) groups is 2. The number of amides is 3. The number of carbonyl (C=O) groups excluding carboxylic acids is 2. The summed E-state index contributed by atoms with van der Waals surface area (Å²) in [5.74, 6) is 0. The maximum absolute atomic E-state index is 13.5. The lowest BCUT2D eigenvalue weighted by molar-refractivity contribution is -0.0747. The topological polar surface area (TPSA) is 74.8 Å². The molecule has 0 saturated carbocycles. The van der Waals surface area contributed by atoms with Crippen molar-refractivity contribution in [2.75, 3.05) is 65.7 Å². The summed E-state index contributed by atoms with van der Waals surface area (Å²) in [6.07, 6.45) is 0.372. The van der Waals surface area contributed by atoms with Gasteiger partial charge in [-0.3, -0.25) is 9.80 Å². The van der Waals surface area contributed by atoms with E-state index in [0.29, 0.717) is 43.9 Å². The number of morpholine rings is 1. The number of piperazine rings is 1. The van der Waals surface area contributed by atoms with Gasteiger partial charge in [-0.15, -0.1) is 0 Å². The quantitative estimate of drug-likeness (QED) is 0.596. The molecule has 4 heterocycles. The fraction of sp³-hybridized carbons (Fsp3) is 0.692. The van der Waals surface area contributed by atoms with Gasteiger partial charge in [-0.25, -0.2) is 9.59 Å². The zero-order chi connectivity index (χ0) is 25.4. The Morgan fingerprint density at radius 1 is 0.972 bits per heavy atom. The highest BCUT2D eigenvalue weighted by Gasteiger charge is 2.37. The third-order valence-electron chi connectivity index (χ3n) is 7.45. The summed E-state index contributed by atoms with van der Waals surface area (Å²) in [6.45, 7) is 12.8. The Balaban J connectivity index is 1.33. The van der Waals surface area contributed by atoms with Crippen LogP contribution in [0.5, 0.6) is 0 Å². The number of ether oxygens (including phenoxy) is 3. The lowest BCUT2D eigenvalue weighted by Crippen LogP contribution is -2.59. The van der Waals surface area contributed by atoms with Gasteiger partial charge in [-0.2, -0.15) is 0 Å². The molecular formula is C26H37ClN4O5. The van der Waals surface area contributed by atoms with Crippen molar-refractivity contribution < 1.29 is 23.8 Å². The van der Waals surface area contributed by atoms with Crippen molar-refractivity contribution in [1.82, 2.24) is 19.6 Å². The number of rotatable bonds is 2. The Bertz CT molecular complexity index is 987. The van der Waals surface area contributed by atoms with E-state index in [0.717, 1.165) is 62.5 Å². The second-order valence-corrected chi connectivity index (χ2v) is 11.5. The van der Waals surface area contributed by atoms with Gasteiger partial charge >= 0.3 is 12.1 Å². The van der Waals surface area contributed by atoms with E-state index in [-0.39, 0.29) is 18.2 Å². The number of halogens is 1. The fourth-order valence-electron chi connectivity index (χ4n) is 5.43. The minimum absolute atomic E-state index is 0.0787. The number of hydrogen-bond acceptors (Lipinski definition) is 6.